The summed E-state index contributed by atoms with van der Waals surface area (Å²) in [4.78, 5) is 17.4. The van der Waals surface area contributed by atoms with Crippen LogP contribution in [-0.4, -0.2) is 81.4 Å². The van der Waals surface area contributed by atoms with Gasteiger partial charge in [0.05, 0.1) is 11.5 Å². The van der Waals surface area contributed by atoms with Crippen LogP contribution in [0.25, 0.3) is 0 Å². The predicted octanol–water partition coefficient (Wildman–Crippen LogP) is 3.29. The molecule has 1 atom stereocenters. The number of piperazine rings is 1. The first-order chi connectivity index (χ1) is 17.1. The highest BCUT2D eigenvalue weighted by atomic mass is 32.2. The first kappa shape index (κ1) is 26.5. The molecule has 0 aliphatic carbocycles. The second-order valence-electron chi connectivity index (χ2n) is 9.96. The highest BCUT2D eigenvalue weighted by Crippen LogP contribution is 2.38. The van der Waals surface area contributed by atoms with E-state index in [-0.39, 0.29) is 36.2 Å². The number of piperidine rings is 1. The maximum Gasteiger partial charge on any atom is 0.243 e. The molecule has 0 N–H and O–H groups in total. The number of benzene rings is 2. The largest absolute Gasteiger partial charge is 0.493 e. The number of carbonyl (C=O) groups is 1. The van der Waals surface area contributed by atoms with Gasteiger partial charge in [-0.2, -0.15) is 4.31 Å². The van der Waals surface area contributed by atoms with Gasteiger partial charge in [0.25, 0.3) is 0 Å². The minimum Gasteiger partial charge on any atom is -0.493 e. The monoisotopic (exact) mass is 521 g/mol. The summed E-state index contributed by atoms with van der Waals surface area (Å²) in [6.45, 7) is 4.92. The quantitative estimate of drug-likeness (QED) is 0.559. The van der Waals surface area contributed by atoms with Crippen molar-refractivity contribution < 1.29 is 26.7 Å². The average molecular weight is 522 g/mol. The van der Waals surface area contributed by atoms with Crippen molar-refractivity contribution in [1.29, 1.82) is 0 Å². The lowest BCUT2D eigenvalue weighted by Crippen LogP contribution is -2.53. The van der Waals surface area contributed by atoms with Crippen molar-refractivity contribution in [3.05, 3.63) is 59.7 Å². The van der Waals surface area contributed by atoms with Crippen LogP contribution in [0.2, 0.25) is 0 Å². The maximum absolute atomic E-state index is 13.6. The van der Waals surface area contributed by atoms with Crippen LogP contribution >= 0.6 is 0 Å². The van der Waals surface area contributed by atoms with Gasteiger partial charge in [0.15, 0.2) is 0 Å². The van der Waals surface area contributed by atoms with Crippen molar-refractivity contribution in [2.75, 3.05) is 52.9 Å². The number of carbonyl (C=O) groups excluding carboxylic acids is 1. The van der Waals surface area contributed by atoms with Gasteiger partial charge in [0.2, 0.25) is 15.9 Å². The van der Waals surface area contributed by atoms with Crippen LogP contribution in [0.4, 0.5) is 8.78 Å². The summed E-state index contributed by atoms with van der Waals surface area (Å²) in [5.74, 6) is -0.447. The first-order valence-electron chi connectivity index (χ1n) is 12.2. The molecule has 2 aliphatic heterocycles. The van der Waals surface area contributed by atoms with E-state index in [1.807, 2.05) is 11.9 Å². The van der Waals surface area contributed by atoms with Gasteiger partial charge >= 0.3 is 0 Å². The van der Waals surface area contributed by atoms with E-state index in [1.165, 1.54) is 40.7 Å². The van der Waals surface area contributed by atoms with E-state index in [1.54, 1.807) is 6.92 Å². The Bertz CT molecular complexity index is 1180. The van der Waals surface area contributed by atoms with Gasteiger partial charge in [-0.05, 0) is 74.8 Å². The van der Waals surface area contributed by atoms with Gasteiger partial charge in [-0.25, -0.2) is 17.2 Å². The van der Waals surface area contributed by atoms with E-state index in [0.717, 1.165) is 19.2 Å². The third kappa shape index (κ3) is 6.04. The number of amides is 1. The fraction of sp³-hybridized carbons (Fsp3) is 0.500. The number of hydrogen-bond acceptors (Lipinski definition) is 5. The van der Waals surface area contributed by atoms with Gasteiger partial charge in [-0.3, -0.25) is 4.79 Å². The summed E-state index contributed by atoms with van der Waals surface area (Å²) in [5.41, 5.74) is -0.420. The highest BCUT2D eigenvalue weighted by Gasteiger charge is 2.43. The molecule has 2 aromatic rings. The van der Waals surface area contributed by atoms with E-state index in [2.05, 4.69) is 4.90 Å². The molecular weight excluding hydrogens is 488 g/mol. The van der Waals surface area contributed by atoms with Crippen LogP contribution in [0.5, 0.6) is 5.75 Å². The SMILES string of the molecule is Cc1cc(F)ccc1S(=O)(=O)N1CCCC(COc2ccc(F)cc2)(CC(=O)N2CCN(C)CC2)C1. The van der Waals surface area contributed by atoms with Crippen molar-refractivity contribution >= 4 is 15.9 Å². The van der Waals surface area contributed by atoms with E-state index >= 15 is 0 Å². The van der Waals surface area contributed by atoms with Crippen LogP contribution in [0.15, 0.2) is 47.4 Å². The molecule has 0 radical (unpaired) electrons. The molecule has 1 amide bonds. The third-order valence-corrected chi connectivity index (χ3v) is 9.13. The van der Waals surface area contributed by atoms with E-state index in [9.17, 15) is 22.0 Å². The molecule has 10 heteroatoms. The topological polar surface area (TPSA) is 70.2 Å². The molecule has 7 nitrogen and oxygen atoms in total. The molecule has 0 spiro atoms. The molecule has 196 valence electrons. The zero-order chi connectivity index (χ0) is 25.9. The van der Waals surface area contributed by atoms with E-state index < -0.39 is 21.3 Å². The summed E-state index contributed by atoms with van der Waals surface area (Å²) < 4.78 is 61.5. The Balaban J connectivity index is 1.58. The lowest BCUT2D eigenvalue weighted by molar-refractivity contribution is -0.136. The normalized spacial score (nSPS) is 21.9. The molecule has 0 saturated carbocycles. The third-order valence-electron chi connectivity index (χ3n) is 7.12. The lowest BCUT2D eigenvalue weighted by Gasteiger charge is -2.43. The van der Waals surface area contributed by atoms with Crippen LogP contribution in [0, 0.1) is 24.0 Å². The summed E-state index contributed by atoms with van der Waals surface area (Å²) in [5, 5.41) is 0. The van der Waals surface area contributed by atoms with E-state index in [4.69, 9.17) is 4.74 Å². The van der Waals surface area contributed by atoms with Gasteiger partial charge in [-0.1, -0.05) is 0 Å². The number of halogens is 2. The molecule has 0 bridgehead atoms. The van der Waals surface area contributed by atoms with Gasteiger partial charge in [0.1, 0.15) is 17.4 Å². The standard InChI is InChI=1S/C26H33F2N3O4S/c1-20-16-22(28)6-9-24(20)36(33,34)31-11-3-10-26(18-31,19-35-23-7-4-21(27)5-8-23)17-25(32)30-14-12-29(2)13-15-30/h4-9,16H,3,10-15,17-19H2,1-2H3. The summed E-state index contributed by atoms with van der Waals surface area (Å²) in [7, 11) is -1.89. The van der Waals surface area contributed by atoms with Gasteiger partial charge < -0.3 is 14.5 Å². The fourth-order valence-corrected chi connectivity index (χ4v) is 6.78. The molecule has 36 heavy (non-hydrogen) atoms. The molecular formula is C26H33F2N3O4S. The molecule has 2 saturated heterocycles. The van der Waals surface area contributed by atoms with Crippen molar-refractivity contribution in [2.24, 2.45) is 5.41 Å². The minimum atomic E-state index is -3.91. The van der Waals surface area contributed by atoms with Crippen LogP contribution in [0.3, 0.4) is 0 Å². The number of aryl methyl sites for hydroxylation is 1. The highest BCUT2D eigenvalue weighted by molar-refractivity contribution is 7.89. The molecule has 2 heterocycles. The molecule has 2 aliphatic rings. The lowest BCUT2D eigenvalue weighted by atomic mass is 9.78. The second-order valence-corrected chi connectivity index (χ2v) is 11.9. The van der Waals surface area contributed by atoms with Crippen molar-refractivity contribution in [3.63, 3.8) is 0 Å². The first-order valence-corrected chi connectivity index (χ1v) is 13.6. The van der Waals surface area contributed by atoms with Gasteiger partial charge in [-0.15, -0.1) is 0 Å². The number of sulfonamides is 1. The van der Waals surface area contributed by atoms with Gasteiger partial charge in [0, 0.05) is 51.1 Å². The fourth-order valence-electron chi connectivity index (χ4n) is 4.98. The molecule has 2 fully saturated rings. The second kappa shape index (κ2) is 10.8. The smallest absolute Gasteiger partial charge is 0.243 e. The molecule has 1 unspecified atom stereocenters. The Kier molecular flexibility index (Phi) is 7.96. The summed E-state index contributed by atoms with van der Waals surface area (Å²) >= 11 is 0. The predicted molar refractivity (Wildman–Crippen MR) is 132 cm³/mol. The van der Waals surface area contributed by atoms with Crippen LogP contribution in [-0.2, 0) is 14.8 Å². The number of ether oxygens (including phenoxy) is 1. The Morgan fingerprint density at radius 3 is 2.33 bits per heavy atom. The van der Waals surface area contributed by atoms with Crippen LogP contribution < -0.4 is 4.74 Å². The van der Waals surface area contributed by atoms with E-state index in [0.29, 0.717) is 43.8 Å². The van der Waals surface area contributed by atoms with Crippen molar-refractivity contribution in [2.45, 2.75) is 31.1 Å². The zero-order valence-corrected chi connectivity index (χ0v) is 21.6. The van der Waals surface area contributed by atoms with Crippen molar-refractivity contribution in [3.8, 4) is 5.75 Å². The minimum absolute atomic E-state index is 0.0250. The number of nitrogens with zero attached hydrogens (tertiary/aromatic N) is 3. The molecule has 0 aromatic heterocycles. The Labute approximate surface area is 211 Å². The number of hydrogen-bond donors (Lipinski definition) is 0. The van der Waals surface area contributed by atoms with Crippen molar-refractivity contribution in [1.82, 2.24) is 14.1 Å². The number of rotatable bonds is 7. The molecule has 2 aromatic carbocycles. The maximum atomic E-state index is 13.6. The summed E-state index contributed by atoms with van der Waals surface area (Å²) in [6.07, 6.45) is 1.32. The molecule has 4 rings (SSSR count). The van der Waals surface area contributed by atoms with Crippen LogP contribution in [0.1, 0.15) is 24.8 Å². The zero-order valence-electron chi connectivity index (χ0n) is 20.8. The average Bonchev–Trinajstić information content (AvgIpc) is 2.84. The summed E-state index contributed by atoms with van der Waals surface area (Å²) in [6, 6.07) is 9.28. The Morgan fingerprint density at radius 1 is 1.00 bits per heavy atom. The Hall–Kier alpha value is -2.56. The number of likely N-dealkylation sites (N-methyl/N-ethyl adjacent to an activating group) is 1. The Morgan fingerprint density at radius 2 is 1.67 bits per heavy atom.